The number of hydrogen-bond donors (Lipinski definition) is 0. The summed E-state index contributed by atoms with van der Waals surface area (Å²) in [7, 11) is 0. The van der Waals surface area contributed by atoms with Gasteiger partial charge in [-0.1, -0.05) is 58.3 Å². The zero-order valence-electron chi connectivity index (χ0n) is 12.6. The van der Waals surface area contributed by atoms with Crippen LogP contribution in [-0.2, 0) is 6.54 Å². The van der Waals surface area contributed by atoms with Gasteiger partial charge in [0.05, 0.1) is 6.33 Å². The Morgan fingerprint density at radius 1 is 1.21 bits per heavy atom. The van der Waals surface area contributed by atoms with Crippen LogP contribution in [0.25, 0.3) is 0 Å². The van der Waals surface area contributed by atoms with E-state index in [0.717, 1.165) is 11.8 Å². The lowest BCUT2D eigenvalue weighted by atomic mass is 9.86. The van der Waals surface area contributed by atoms with E-state index in [9.17, 15) is 0 Å². The second-order valence-corrected chi connectivity index (χ2v) is 6.36. The number of rotatable bonds is 7. The molecule has 1 aromatic heterocycles. The largest absolute Gasteiger partial charge is 0.337 e. The van der Waals surface area contributed by atoms with E-state index in [4.69, 9.17) is 0 Å². The van der Waals surface area contributed by atoms with Gasteiger partial charge in [0.2, 0.25) is 0 Å². The number of hydrogen-bond acceptors (Lipinski definition) is 1. The molecule has 1 heterocycles. The molecule has 0 bridgehead atoms. The van der Waals surface area contributed by atoms with Crippen LogP contribution in [0, 0.1) is 11.8 Å². The molecular formula is C17H30N2. The van der Waals surface area contributed by atoms with Gasteiger partial charge in [-0.15, -0.1) is 0 Å². The summed E-state index contributed by atoms with van der Waals surface area (Å²) in [5.41, 5.74) is 0. The van der Waals surface area contributed by atoms with Crippen molar-refractivity contribution in [1.82, 2.24) is 9.55 Å². The highest BCUT2D eigenvalue weighted by Gasteiger charge is 2.18. The average Bonchev–Trinajstić information content (AvgIpc) is 2.79. The van der Waals surface area contributed by atoms with E-state index < -0.39 is 0 Å². The average molecular weight is 262 g/mol. The van der Waals surface area contributed by atoms with Gasteiger partial charge in [-0.25, -0.2) is 4.98 Å². The topological polar surface area (TPSA) is 17.8 Å². The highest BCUT2D eigenvalue weighted by Crippen LogP contribution is 2.30. The number of imidazole rings is 1. The third kappa shape index (κ3) is 5.38. The Kier molecular flexibility index (Phi) is 6.46. The van der Waals surface area contributed by atoms with E-state index in [1.807, 2.05) is 12.5 Å². The molecular weight excluding hydrogens is 232 g/mol. The normalized spacial score (nSPS) is 19.2. The monoisotopic (exact) mass is 262 g/mol. The van der Waals surface area contributed by atoms with E-state index in [0.29, 0.717) is 0 Å². The molecule has 1 aromatic rings. The van der Waals surface area contributed by atoms with Gasteiger partial charge in [0.15, 0.2) is 0 Å². The van der Waals surface area contributed by atoms with Crippen molar-refractivity contribution in [2.24, 2.45) is 11.8 Å². The molecule has 2 rings (SSSR count). The number of unbranched alkanes of at least 4 members (excludes halogenated alkanes) is 1. The van der Waals surface area contributed by atoms with Crippen molar-refractivity contribution >= 4 is 0 Å². The molecule has 0 aliphatic heterocycles. The maximum absolute atomic E-state index is 4.18. The molecule has 0 N–H and O–H groups in total. The van der Waals surface area contributed by atoms with Crippen molar-refractivity contribution in [3.8, 4) is 0 Å². The second-order valence-electron chi connectivity index (χ2n) is 6.36. The summed E-state index contributed by atoms with van der Waals surface area (Å²) in [6, 6.07) is 0. The van der Waals surface area contributed by atoms with Crippen molar-refractivity contribution in [1.29, 1.82) is 0 Å². The Hall–Kier alpha value is -0.790. The first-order valence-electron chi connectivity index (χ1n) is 8.34. The van der Waals surface area contributed by atoms with E-state index in [-0.39, 0.29) is 0 Å². The van der Waals surface area contributed by atoms with Gasteiger partial charge >= 0.3 is 0 Å². The van der Waals surface area contributed by atoms with Gasteiger partial charge in [-0.2, -0.15) is 0 Å². The lowest BCUT2D eigenvalue weighted by molar-refractivity contribution is 0.291. The van der Waals surface area contributed by atoms with Gasteiger partial charge in [0, 0.05) is 18.9 Å². The minimum atomic E-state index is 0.859. The van der Waals surface area contributed by atoms with Crippen LogP contribution in [0.2, 0.25) is 0 Å². The Labute approximate surface area is 118 Å². The molecule has 2 nitrogen and oxygen atoms in total. The van der Waals surface area contributed by atoms with Crippen LogP contribution in [0.4, 0.5) is 0 Å². The van der Waals surface area contributed by atoms with Gasteiger partial charge in [0.1, 0.15) is 0 Å². The third-order valence-electron chi connectivity index (χ3n) is 4.64. The Morgan fingerprint density at radius 3 is 2.63 bits per heavy atom. The molecule has 1 fully saturated rings. The van der Waals surface area contributed by atoms with Crippen molar-refractivity contribution < 1.29 is 0 Å². The summed E-state index contributed by atoms with van der Waals surface area (Å²) in [6.07, 6.45) is 20.4. The molecule has 0 spiro atoms. The summed E-state index contributed by atoms with van der Waals surface area (Å²) < 4.78 is 2.27. The first-order valence-corrected chi connectivity index (χ1v) is 8.34. The van der Waals surface area contributed by atoms with Crippen LogP contribution < -0.4 is 0 Å². The van der Waals surface area contributed by atoms with Crippen molar-refractivity contribution in [3.63, 3.8) is 0 Å². The van der Waals surface area contributed by atoms with E-state index in [1.165, 1.54) is 70.8 Å². The molecule has 1 aliphatic carbocycles. The molecule has 0 radical (unpaired) electrons. The summed E-state index contributed by atoms with van der Waals surface area (Å²) in [5.74, 6) is 1.85. The van der Waals surface area contributed by atoms with Gasteiger partial charge in [-0.3, -0.25) is 0 Å². The molecule has 0 aromatic carbocycles. The maximum Gasteiger partial charge on any atom is 0.0945 e. The molecule has 0 amide bonds. The molecule has 1 saturated carbocycles. The number of nitrogens with zero attached hydrogens (tertiary/aromatic N) is 2. The summed E-state index contributed by atoms with van der Waals surface area (Å²) >= 11 is 0. The van der Waals surface area contributed by atoms with E-state index in [1.54, 1.807) is 0 Å². The maximum atomic E-state index is 4.18. The molecule has 1 atom stereocenters. The van der Waals surface area contributed by atoms with Gasteiger partial charge < -0.3 is 4.57 Å². The summed E-state index contributed by atoms with van der Waals surface area (Å²) in [5, 5.41) is 0. The Bertz CT molecular complexity index is 310. The van der Waals surface area contributed by atoms with Crippen LogP contribution in [0.5, 0.6) is 0 Å². The van der Waals surface area contributed by atoms with Crippen molar-refractivity contribution in [2.45, 2.75) is 77.7 Å². The second kappa shape index (κ2) is 8.39. The molecule has 2 heteroatoms. The van der Waals surface area contributed by atoms with Crippen LogP contribution in [0.1, 0.15) is 71.1 Å². The zero-order chi connectivity index (χ0) is 13.3. The zero-order valence-corrected chi connectivity index (χ0v) is 12.6. The smallest absolute Gasteiger partial charge is 0.0945 e. The van der Waals surface area contributed by atoms with Crippen molar-refractivity contribution in [2.75, 3.05) is 0 Å². The van der Waals surface area contributed by atoms with Crippen LogP contribution >= 0.6 is 0 Å². The lowest BCUT2D eigenvalue weighted by Gasteiger charge is -2.23. The fraction of sp³-hybridized carbons (Fsp3) is 0.824. The third-order valence-corrected chi connectivity index (χ3v) is 4.64. The quantitative estimate of drug-likeness (QED) is 0.629. The predicted molar refractivity (Wildman–Crippen MR) is 81.1 cm³/mol. The molecule has 1 unspecified atom stereocenters. The minimum absolute atomic E-state index is 0.859. The lowest BCUT2D eigenvalue weighted by Crippen LogP contribution is -2.14. The number of aromatic nitrogens is 2. The van der Waals surface area contributed by atoms with Crippen LogP contribution in [0.15, 0.2) is 18.7 Å². The highest BCUT2D eigenvalue weighted by atomic mass is 15.0. The summed E-state index contributed by atoms with van der Waals surface area (Å²) in [4.78, 5) is 4.18. The van der Waals surface area contributed by atoms with Crippen LogP contribution in [0.3, 0.4) is 0 Å². The predicted octanol–water partition coefficient (Wildman–Crippen LogP) is 5.05. The summed E-state index contributed by atoms with van der Waals surface area (Å²) in [6.45, 7) is 3.48. The van der Waals surface area contributed by atoms with Gasteiger partial charge in [0.25, 0.3) is 0 Å². The highest BCUT2D eigenvalue weighted by molar-refractivity contribution is 4.77. The molecule has 1 aliphatic rings. The standard InChI is InChI=1S/C17H30N2/c1-2-3-8-17(14-19-12-11-18-15-19)13-16-9-6-4-5-7-10-16/h11-12,15-17H,2-10,13-14H2,1H3. The van der Waals surface area contributed by atoms with Crippen LogP contribution in [-0.4, -0.2) is 9.55 Å². The molecule has 108 valence electrons. The Morgan fingerprint density at radius 2 is 2.00 bits per heavy atom. The van der Waals surface area contributed by atoms with E-state index >= 15 is 0 Å². The van der Waals surface area contributed by atoms with Crippen molar-refractivity contribution in [3.05, 3.63) is 18.7 Å². The fourth-order valence-electron chi connectivity index (χ4n) is 3.54. The SMILES string of the molecule is CCCCC(CC1CCCCCC1)Cn1ccnc1. The Balaban J connectivity index is 1.84. The minimum Gasteiger partial charge on any atom is -0.337 e. The first-order chi connectivity index (χ1) is 9.38. The molecule has 0 saturated heterocycles. The van der Waals surface area contributed by atoms with E-state index in [2.05, 4.69) is 22.7 Å². The van der Waals surface area contributed by atoms with Gasteiger partial charge in [-0.05, 0) is 24.7 Å². The molecule has 19 heavy (non-hydrogen) atoms. The fourth-order valence-corrected chi connectivity index (χ4v) is 3.54. The first kappa shape index (κ1) is 14.6.